The van der Waals surface area contributed by atoms with Crippen LogP contribution in [0.4, 0.5) is 0 Å². The van der Waals surface area contributed by atoms with E-state index in [9.17, 15) is 19.8 Å². The summed E-state index contributed by atoms with van der Waals surface area (Å²) in [5, 5.41) is 23.2. The fourth-order valence-corrected chi connectivity index (χ4v) is 12.2. The number of aliphatic hydroxyl groups is 2. The van der Waals surface area contributed by atoms with Crippen molar-refractivity contribution in [3.8, 4) is 0 Å². The Labute approximate surface area is 520 Å². The fraction of sp³-hybridized carbons (Fsp3) is 0.922. The first-order valence-corrected chi connectivity index (χ1v) is 38.1. The smallest absolute Gasteiger partial charge is 0.305 e. The Kier molecular flexibility index (Phi) is 71.4. The molecule has 2 unspecified atom stereocenters. The molecule has 0 aromatic carbocycles. The van der Waals surface area contributed by atoms with Crippen molar-refractivity contribution in [2.45, 2.75) is 443 Å². The van der Waals surface area contributed by atoms with Crippen LogP contribution in [0, 0.1) is 0 Å². The molecule has 6 heteroatoms. The number of allylic oxidation sites excluding steroid dienone is 4. The number of unbranched alkanes of at least 4 members (excludes halogenated alkanes) is 57. The molecule has 6 nitrogen and oxygen atoms in total. The number of nitrogens with one attached hydrogen (secondary N) is 1. The summed E-state index contributed by atoms with van der Waals surface area (Å²) in [6, 6.07) is -0.538. The number of aliphatic hydroxyl groups excluding tert-OH is 2. The molecular formula is C77H149NO5. The van der Waals surface area contributed by atoms with E-state index >= 15 is 0 Å². The molecule has 3 N–H and O–H groups in total. The molecule has 0 spiro atoms. The highest BCUT2D eigenvalue weighted by Gasteiger charge is 2.20. The first-order valence-electron chi connectivity index (χ1n) is 38.1. The van der Waals surface area contributed by atoms with E-state index in [1.54, 1.807) is 0 Å². The first kappa shape index (κ1) is 81.3. The Morgan fingerprint density at radius 2 is 0.602 bits per heavy atom. The van der Waals surface area contributed by atoms with Crippen LogP contribution >= 0.6 is 0 Å². The van der Waals surface area contributed by atoms with Crippen LogP contribution in [0.5, 0.6) is 0 Å². The van der Waals surface area contributed by atoms with Gasteiger partial charge in [0.15, 0.2) is 0 Å². The molecule has 0 radical (unpaired) electrons. The summed E-state index contributed by atoms with van der Waals surface area (Å²) >= 11 is 0. The van der Waals surface area contributed by atoms with Crippen molar-refractivity contribution < 1.29 is 24.5 Å². The minimum absolute atomic E-state index is 0.0240. The Balaban J connectivity index is 3.32. The maximum Gasteiger partial charge on any atom is 0.305 e. The Morgan fingerprint density at radius 3 is 0.916 bits per heavy atom. The summed E-state index contributed by atoms with van der Waals surface area (Å²) in [6.45, 7) is 4.99. The number of carbonyl (C=O) groups is 2. The molecular weight excluding hydrogens is 1020 g/mol. The monoisotopic (exact) mass is 1170 g/mol. The summed E-state index contributed by atoms with van der Waals surface area (Å²) in [5.41, 5.74) is 0. The fourth-order valence-electron chi connectivity index (χ4n) is 12.2. The van der Waals surface area contributed by atoms with Crippen LogP contribution in [0.15, 0.2) is 24.3 Å². The van der Waals surface area contributed by atoms with E-state index in [0.717, 1.165) is 44.9 Å². The van der Waals surface area contributed by atoms with Gasteiger partial charge in [-0.1, -0.05) is 385 Å². The quantitative estimate of drug-likeness (QED) is 0.0320. The lowest BCUT2D eigenvalue weighted by Crippen LogP contribution is -2.45. The zero-order chi connectivity index (χ0) is 59.9. The van der Waals surface area contributed by atoms with E-state index in [1.165, 1.54) is 353 Å². The molecule has 0 aliphatic heterocycles. The number of amides is 1. The zero-order valence-electron chi connectivity index (χ0n) is 56.5. The van der Waals surface area contributed by atoms with E-state index in [-0.39, 0.29) is 18.5 Å². The minimum atomic E-state index is -0.660. The van der Waals surface area contributed by atoms with E-state index in [0.29, 0.717) is 25.9 Å². The van der Waals surface area contributed by atoms with Gasteiger partial charge in [-0.15, -0.1) is 0 Å². The van der Waals surface area contributed by atoms with Gasteiger partial charge < -0.3 is 20.3 Å². The molecule has 0 rings (SSSR count). The summed E-state index contributed by atoms with van der Waals surface area (Å²) in [7, 11) is 0. The summed E-state index contributed by atoms with van der Waals surface area (Å²) < 4.78 is 5.51. The van der Waals surface area contributed by atoms with Crippen LogP contribution < -0.4 is 5.32 Å². The third-order valence-electron chi connectivity index (χ3n) is 18.0. The molecule has 0 saturated heterocycles. The van der Waals surface area contributed by atoms with Gasteiger partial charge in [0.1, 0.15) is 0 Å². The average molecular weight is 1170 g/mol. The lowest BCUT2D eigenvalue weighted by atomic mass is 10.0. The van der Waals surface area contributed by atoms with Gasteiger partial charge in [0.05, 0.1) is 25.4 Å². The van der Waals surface area contributed by atoms with Crippen molar-refractivity contribution in [3.63, 3.8) is 0 Å². The number of hydrogen-bond donors (Lipinski definition) is 3. The van der Waals surface area contributed by atoms with Gasteiger partial charge in [0.25, 0.3) is 0 Å². The molecule has 0 aromatic rings. The number of esters is 1. The van der Waals surface area contributed by atoms with Crippen molar-refractivity contribution in [1.82, 2.24) is 5.32 Å². The van der Waals surface area contributed by atoms with Gasteiger partial charge in [0, 0.05) is 12.8 Å². The second-order valence-corrected chi connectivity index (χ2v) is 26.3. The zero-order valence-corrected chi connectivity index (χ0v) is 56.5. The van der Waals surface area contributed by atoms with Gasteiger partial charge in [-0.3, -0.25) is 9.59 Å². The van der Waals surface area contributed by atoms with Crippen molar-refractivity contribution >= 4 is 11.9 Å². The molecule has 0 fully saturated rings. The van der Waals surface area contributed by atoms with E-state index in [4.69, 9.17) is 4.74 Å². The molecule has 0 bridgehead atoms. The van der Waals surface area contributed by atoms with Crippen LogP contribution in [0.25, 0.3) is 0 Å². The van der Waals surface area contributed by atoms with Crippen LogP contribution in [-0.2, 0) is 14.3 Å². The first-order chi connectivity index (χ1) is 41.0. The van der Waals surface area contributed by atoms with Crippen molar-refractivity contribution in [2.75, 3.05) is 13.2 Å². The largest absolute Gasteiger partial charge is 0.466 e. The average Bonchev–Trinajstić information content (AvgIpc) is 3.49. The lowest BCUT2D eigenvalue weighted by molar-refractivity contribution is -0.143. The maximum atomic E-state index is 12.5. The van der Waals surface area contributed by atoms with Crippen LogP contribution in [0.3, 0.4) is 0 Å². The van der Waals surface area contributed by atoms with E-state index in [2.05, 4.69) is 43.5 Å². The predicted molar refractivity (Wildman–Crippen MR) is 366 cm³/mol. The van der Waals surface area contributed by atoms with E-state index in [1.807, 2.05) is 0 Å². The second-order valence-electron chi connectivity index (χ2n) is 26.3. The number of ether oxygens (including phenoxy) is 1. The Hall–Kier alpha value is -1.66. The van der Waals surface area contributed by atoms with Crippen LogP contribution in [0.2, 0.25) is 0 Å². The third-order valence-corrected chi connectivity index (χ3v) is 18.0. The van der Waals surface area contributed by atoms with Gasteiger partial charge in [-0.25, -0.2) is 0 Å². The molecule has 1 amide bonds. The highest BCUT2D eigenvalue weighted by atomic mass is 16.5. The number of hydrogen-bond acceptors (Lipinski definition) is 5. The topological polar surface area (TPSA) is 95.9 Å². The van der Waals surface area contributed by atoms with Gasteiger partial charge in [-0.2, -0.15) is 0 Å². The minimum Gasteiger partial charge on any atom is -0.466 e. The molecule has 2 atom stereocenters. The SMILES string of the molecule is CCCCCCCCCCCCCCCCCCCCC(=O)OCCCCCCCCCCCCCCC/C=C\C/C=C\CCCCCCCCCCCCCCCCCCCC(=O)NC(CO)C(O)CCCCCCCCCCCCC. The van der Waals surface area contributed by atoms with Gasteiger partial charge >= 0.3 is 5.97 Å². The van der Waals surface area contributed by atoms with Crippen LogP contribution in [-0.4, -0.2) is 47.4 Å². The molecule has 492 valence electrons. The summed E-state index contributed by atoms with van der Waals surface area (Å²) in [4.78, 5) is 24.6. The normalized spacial score (nSPS) is 12.6. The number of carbonyl (C=O) groups excluding carboxylic acids is 2. The third kappa shape index (κ3) is 69.3. The summed E-state index contributed by atoms with van der Waals surface area (Å²) in [6.07, 6.45) is 92.7. The van der Waals surface area contributed by atoms with E-state index < -0.39 is 12.1 Å². The lowest BCUT2D eigenvalue weighted by Gasteiger charge is -2.22. The van der Waals surface area contributed by atoms with Crippen LogP contribution in [0.1, 0.15) is 431 Å². The molecule has 0 saturated carbocycles. The Bertz CT molecular complexity index is 1300. The molecule has 83 heavy (non-hydrogen) atoms. The maximum absolute atomic E-state index is 12.5. The molecule has 0 aromatic heterocycles. The highest BCUT2D eigenvalue weighted by molar-refractivity contribution is 5.76. The standard InChI is InChI=1S/C77H149NO5/c1-3-5-7-9-11-13-15-16-17-18-41-44-47-51-55-59-63-67-71-77(82)83-72-68-64-60-56-52-48-45-42-39-37-35-33-31-29-27-25-23-21-19-20-22-24-26-28-30-32-34-36-38-40-43-46-50-54-58-62-66-70-76(81)78-74(73-79)75(80)69-65-61-57-53-49-14-12-10-8-6-4-2/h19,21,25,27,74-75,79-80H,3-18,20,22-24,26,28-73H2,1-2H3,(H,78,81)/b21-19-,27-25-. The number of rotatable bonds is 72. The molecule has 0 aliphatic rings. The van der Waals surface area contributed by atoms with Crippen molar-refractivity contribution in [3.05, 3.63) is 24.3 Å². The summed E-state index contributed by atoms with van der Waals surface area (Å²) in [5.74, 6) is -0.00709. The predicted octanol–water partition coefficient (Wildman–Crippen LogP) is 24.9. The van der Waals surface area contributed by atoms with Crippen molar-refractivity contribution in [2.24, 2.45) is 0 Å². The Morgan fingerprint density at radius 1 is 0.337 bits per heavy atom. The van der Waals surface area contributed by atoms with Crippen molar-refractivity contribution in [1.29, 1.82) is 0 Å². The molecule has 0 aliphatic carbocycles. The van der Waals surface area contributed by atoms with Gasteiger partial charge in [0.2, 0.25) is 5.91 Å². The second kappa shape index (κ2) is 72.8. The molecule has 0 heterocycles. The highest BCUT2D eigenvalue weighted by Crippen LogP contribution is 2.20. The van der Waals surface area contributed by atoms with Gasteiger partial charge in [-0.05, 0) is 57.8 Å².